The summed E-state index contributed by atoms with van der Waals surface area (Å²) in [6, 6.07) is 6.44. The Morgan fingerprint density at radius 2 is 1.15 bits per heavy atom. The Kier molecular flexibility index (Phi) is 3.72. The lowest BCUT2D eigenvalue weighted by atomic mass is 9.80. The molecule has 0 unspecified atom stereocenters. The zero-order chi connectivity index (χ0) is 13.9. The van der Waals surface area contributed by atoms with E-state index in [-0.39, 0.29) is 11.9 Å². The van der Waals surface area contributed by atoms with Gasteiger partial charge in [0.1, 0.15) is 0 Å². The number of carbonyl (C=O) groups is 2. The summed E-state index contributed by atoms with van der Waals surface area (Å²) in [5.74, 6) is -0.0151. The number of esters is 2. The van der Waals surface area contributed by atoms with Crippen molar-refractivity contribution in [2.45, 2.75) is 25.7 Å². The molecule has 3 aliphatic rings. The summed E-state index contributed by atoms with van der Waals surface area (Å²) >= 11 is 0. The van der Waals surface area contributed by atoms with Gasteiger partial charge in [0.2, 0.25) is 0 Å². The van der Waals surface area contributed by atoms with E-state index in [0.29, 0.717) is 36.2 Å². The van der Waals surface area contributed by atoms with Gasteiger partial charge in [0.15, 0.2) is 0 Å². The highest BCUT2D eigenvalue weighted by Crippen LogP contribution is 2.31. The summed E-state index contributed by atoms with van der Waals surface area (Å²) in [6.45, 7) is 0.839. The van der Waals surface area contributed by atoms with Gasteiger partial charge in [-0.2, -0.15) is 0 Å². The highest BCUT2D eigenvalue weighted by molar-refractivity contribution is 5.93. The first kappa shape index (κ1) is 13.2. The van der Waals surface area contributed by atoms with Gasteiger partial charge in [-0.05, 0) is 48.9 Å². The Hall–Kier alpha value is -1.84. The Labute approximate surface area is 118 Å². The molecule has 2 bridgehead atoms. The predicted octanol–water partition coefficient (Wildman–Crippen LogP) is 2.82. The van der Waals surface area contributed by atoms with Gasteiger partial charge in [-0.1, -0.05) is 12.8 Å². The minimum Gasteiger partial charge on any atom is -0.462 e. The molecular weight excluding hydrogens is 256 g/mol. The lowest BCUT2D eigenvalue weighted by Crippen LogP contribution is -2.30. The van der Waals surface area contributed by atoms with Crippen molar-refractivity contribution >= 4 is 11.9 Å². The molecule has 4 nitrogen and oxygen atoms in total. The molecule has 4 heteroatoms. The zero-order valence-corrected chi connectivity index (χ0v) is 11.3. The number of hydrogen-bond acceptors (Lipinski definition) is 4. The summed E-state index contributed by atoms with van der Waals surface area (Å²) in [5.41, 5.74) is 0.962. The van der Waals surface area contributed by atoms with Gasteiger partial charge < -0.3 is 9.47 Å². The standard InChI is InChI=1S/C16H18O4/c17-15-11-5-7-12(8-6-11)16(18)20-10-14-4-2-1-3-13(14)9-19-15/h5-8,13-14H,1-4,9-10H2/t13-,14-/m1/s1. The van der Waals surface area contributed by atoms with Crippen LogP contribution in [-0.2, 0) is 9.47 Å². The van der Waals surface area contributed by atoms with E-state index in [1.165, 1.54) is 0 Å². The molecule has 0 amide bonds. The second kappa shape index (κ2) is 5.65. The van der Waals surface area contributed by atoms with Crippen LogP contribution < -0.4 is 0 Å². The van der Waals surface area contributed by atoms with Crippen LogP contribution in [0.5, 0.6) is 0 Å². The van der Waals surface area contributed by atoms with Crippen molar-refractivity contribution in [1.82, 2.24) is 0 Å². The molecule has 1 fully saturated rings. The van der Waals surface area contributed by atoms with Crippen LogP contribution in [0, 0.1) is 11.8 Å². The van der Waals surface area contributed by atoms with Crippen LogP contribution in [-0.4, -0.2) is 25.2 Å². The van der Waals surface area contributed by atoms with Gasteiger partial charge in [-0.3, -0.25) is 0 Å². The van der Waals surface area contributed by atoms with Crippen molar-refractivity contribution < 1.29 is 19.1 Å². The number of fused-ring (bicyclic) bond motifs is 6. The predicted molar refractivity (Wildman–Crippen MR) is 72.5 cm³/mol. The first-order chi connectivity index (χ1) is 9.74. The summed E-state index contributed by atoms with van der Waals surface area (Å²) in [5, 5.41) is 0. The molecule has 0 radical (unpaired) electrons. The van der Waals surface area contributed by atoms with Crippen molar-refractivity contribution in [3.8, 4) is 0 Å². The summed E-state index contributed by atoms with van der Waals surface area (Å²) in [4.78, 5) is 23.9. The molecule has 0 saturated heterocycles. The number of hydrogen-bond donors (Lipinski definition) is 0. The molecule has 0 spiro atoms. The molecule has 0 N–H and O–H groups in total. The maximum absolute atomic E-state index is 12.0. The number of benzene rings is 1. The highest BCUT2D eigenvalue weighted by Gasteiger charge is 2.28. The third-order valence-corrected chi connectivity index (χ3v) is 4.28. The average Bonchev–Trinajstić information content (AvgIpc) is 2.50. The fourth-order valence-electron chi connectivity index (χ4n) is 3.00. The van der Waals surface area contributed by atoms with Gasteiger partial charge in [0, 0.05) is 0 Å². The Bertz CT molecular complexity index is 459. The number of rotatable bonds is 0. The van der Waals surface area contributed by atoms with Crippen molar-refractivity contribution in [3.63, 3.8) is 0 Å². The summed E-state index contributed by atoms with van der Waals surface area (Å²) < 4.78 is 10.8. The molecule has 20 heavy (non-hydrogen) atoms. The molecule has 1 aliphatic carbocycles. The minimum absolute atomic E-state index is 0.303. The van der Waals surface area contributed by atoms with E-state index in [1.54, 1.807) is 24.3 Å². The maximum Gasteiger partial charge on any atom is 0.338 e. The monoisotopic (exact) mass is 274 g/mol. The van der Waals surface area contributed by atoms with E-state index in [1.807, 2.05) is 0 Å². The van der Waals surface area contributed by atoms with Gasteiger partial charge in [-0.25, -0.2) is 9.59 Å². The zero-order valence-electron chi connectivity index (χ0n) is 11.3. The normalized spacial score (nSPS) is 26.8. The molecule has 2 atom stereocenters. The van der Waals surface area contributed by atoms with Crippen molar-refractivity contribution in [3.05, 3.63) is 35.4 Å². The van der Waals surface area contributed by atoms with Crippen LogP contribution >= 0.6 is 0 Å². The van der Waals surface area contributed by atoms with E-state index < -0.39 is 0 Å². The first-order valence-corrected chi connectivity index (χ1v) is 7.18. The fraction of sp³-hybridized carbons (Fsp3) is 0.500. The average molecular weight is 274 g/mol. The molecule has 2 heterocycles. The van der Waals surface area contributed by atoms with Crippen molar-refractivity contribution in [2.24, 2.45) is 11.8 Å². The van der Waals surface area contributed by atoms with E-state index in [2.05, 4.69) is 0 Å². The molecule has 1 aromatic rings. The largest absolute Gasteiger partial charge is 0.462 e. The lowest BCUT2D eigenvalue weighted by Gasteiger charge is -2.31. The third kappa shape index (κ3) is 2.69. The van der Waals surface area contributed by atoms with Crippen LogP contribution in [0.2, 0.25) is 0 Å². The maximum atomic E-state index is 12.0. The third-order valence-electron chi connectivity index (χ3n) is 4.28. The van der Waals surface area contributed by atoms with Crippen LogP contribution in [0.4, 0.5) is 0 Å². The van der Waals surface area contributed by atoms with Gasteiger partial charge in [0.25, 0.3) is 0 Å². The van der Waals surface area contributed by atoms with E-state index >= 15 is 0 Å². The second-order valence-electron chi connectivity index (χ2n) is 5.58. The quantitative estimate of drug-likeness (QED) is 0.683. The molecule has 106 valence electrons. The topological polar surface area (TPSA) is 52.6 Å². The van der Waals surface area contributed by atoms with Gasteiger partial charge in [0.05, 0.1) is 24.3 Å². The second-order valence-corrected chi connectivity index (χ2v) is 5.58. The van der Waals surface area contributed by atoms with Crippen LogP contribution in [0.15, 0.2) is 24.3 Å². The van der Waals surface area contributed by atoms with Crippen LogP contribution in [0.25, 0.3) is 0 Å². The Morgan fingerprint density at radius 1 is 0.750 bits per heavy atom. The summed E-state index contributed by atoms with van der Waals surface area (Å²) in [7, 11) is 0. The van der Waals surface area contributed by atoms with Crippen molar-refractivity contribution in [1.29, 1.82) is 0 Å². The van der Waals surface area contributed by atoms with Crippen molar-refractivity contribution in [2.75, 3.05) is 13.2 Å². The Morgan fingerprint density at radius 3 is 1.55 bits per heavy atom. The molecular formula is C16H18O4. The van der Waals surface area contributed by atoms with E-state index in [4.69, 9.17) is 9.47 Å². The SMILES string of the molecule is O=C1OC[C@H]2CCCC[C@@H]2COC(=O)c2ccc1cc2. The molecule has 1 saturated carbocycles. The van der Waals surface area contributed by atoms with Crippen LogP contribution in [0.3, 0.4) is 0 Å². The van der Waals surface area contributed by atoms with Crippen LogP contribution in [0.1, 0.15) is 46.4 Å². The Balaban J connectivity index is 1.85. The number of carbonyl (C=O) groups excluding carboxylic acids is 2. The van der Waals surface area contributed by atoms with Gasteiger partial charge >= 0.3 is 11.9 Å². The van der Waals surface area contributed by atoms with E-state index in [9.17, 15) is 9.59 Å². The minimum atomic E-state index is -0.310. The fourth-order valence-corrected chi connectivity index (χ4v) is 3.00. The molecule has 0 aromatic heterocycles. The smallest absolute Gasteiger partial charge is 0.338 e. The summed E-state index contributed by atoms with van der Waals surface area (Å²) in [6.07, 6.45) is 4.38. The first-order valence-electron chi connectivity index (χ1n) is 7.18. The molecule has 2 aliphatic heterocycles. The lowest BCUT2D eigenvalue weighted by molar-refractivity contribution is 0.0134. The van der Waals surface area contributed by atoms with Gasteiger partial charge in [-0.15, -0.1) is 0 Å². The number of ether oxygens (including phenoxy) is 2. The molecule has 4 rings (SSSR count). The molecule has 1 aromatic carbocycles. The van der Waals surface area contributed by atoms with E-state index in [0.717, 1.165) is 25.7 Å². The highest BCUT2D eigenvalue weighted by atomic mass is 16.5.